The van der Waals surface area contributed by atoms with Crippen LogP contribution in [0.25, 0.3) is 11.0 Å². The quantitative estimate of drug-likeness (QED) is 0.587. The van der Waals surface area contributed by atoms with Gasteiger partial charge in [-0.05, 0) is 62.4 Å². The summed E-state index contributed by atoms with van der Waals surface area (Å²) in [5.74, 6) is 0.197. The van der Waals surface area contributed by atoms with Crippen molar-refractivity contribution in [1.82, 2.24) is 20.2 Å². The number of para-hydroxylation sites is 2. The van der Waals surface area contributed by atoms with Crippen LogP contribution in [0.15, 0.2) is 36.4 Å². The van der Waals surface area contributed by atoms with E-state index in [0.29, 0.717) is 33.7 Å². The largest absolute Gasteiger partial charge is 0.352 e. The van der Waals surface area contributed by atoms with E-state index in [2.05, 4.69) is 26.6 Å². The van der Waals surface area contributed by atoms with Crippen LogP contribution in [-0.2, 0) is 0 Å². The maximum atomic E-state index is 12.9. The summed E-state index contributed by atoms with van der Waals surface area (Å²) >= 11 is 1.20. The van der Waals surface area contributed by atoms with Crippen molar-refractivity contribution in [2.45, 2.75) is 32.2 Å². The molecule has 30 heavy (non-hydrogen) atoms. The number of anilines is 1. The van der Waals surface area contributed by atoms with Gasteiger partial charge in [0.15, 0.2) is 0 Å². The molecule has 3 N–H and O–H groups in total. The SMILES string of the molecule is CCNC(=O)c1ccc(C(=O)Nc2nc3ccccc3n2[C@H]2C[C@@]3(CCNC3)C2)s1. The van der Waals surface area contributed by atoms with Gasteiger partial charge in [0.1, 0.15) is 0 Å². The zero-order chi connectivity index (χ0) is 20.7. The fraction of sp³-hybridized carbons (Fsp3) is 0.409. The Labute approximate surface area is 178 Å². The van der Waals surface area contributed by atoms with Gasteiger partial charge < -0.3 is 15.2 Å². The fourth-order valence-corrected chi connectivity index (χ4v) is 5.58. The van der Waals surface area contributed by atoms with Crippen LogP contribution in [0.3, 0.4) is 0 Å². The van der Waals surface area contributed by atoms with Gasteiger partial charge in [-0.15, -0.1) is 11.3 Å². The van der Waals surface area contributed by atoms with Gasteiger partial charge >= 0.3 is 0 Å². The highest BCUT2D eigenvalue weighted by molar-refractivity contribution is 7.16. The van der Waals surface area contributed by atoms with Crippen LogP contribution in [0.1, 0.15) is 51.6 Å². The lowest BCUT2D eigenvalue weighted by Gasteiger charge is -2.46. The molecule has 0 bridgehead atoms. The molecule has 2 fully saturated rings. The number of carbonyl (C=O) groups excluding carboxylic acids is 2. The second kappa shape index (κ2) is 7.52. The van der Waals surface area contributed by atoms with E-state index < -0.39 is 0 Å². The Hall–Kier alpha value is -2.71. The molecule has 1 spiro atoms. The molecule has 5 rings (SSSR count). The Bertz CT molecular complexity index is 1100. The number of hydrogen-bond acceptors (Lipinski definition) is 5. The van der Waals surface area contributed by atoms with E-state index in [4.69, 9.17) is 4.98 Å². The monoisotopic (exact) mass is 423 g/mol. The van der Waals surface area contributed by atoms with Gasteiger partial charge in [0.25, 0.3) is 11.8 Å². The Kier molecular flexibility index (Phi) is 4.83. The lowest BCUT2D eigenvalue weighted by molar-refractivity contribution is 0.0873. The van der Waals surface area contributed by atoms with Crippen LogP contribution in [0, 0.1) is 5.41 Å². The highest BCUT2D eigenvalue weighted by Gasteiger charge is 2.47. The van der Waals surface area contributed by atoms with Crippen LogP contribution in [-0.4, -0.2) is 41.0 Å². The Morgan fingerprint density at radius 1 is 1.20 bits per heavy atom. The zero-order valence-electron chi connectivity index (χ0n) is 16.9. The standard InChI is InChI=1S/C22H25N5O2S/c1-2-24-19(28)17-7-8-18(30-17)20(29)26-21-25-15-5-3-4-6-16(15)27(21)14-11-22(12-14)9-10-23-13-22/h3-8,14,23H,2,9-13H2,1H3,(H,24,28)(H,25,26,29)/t14-,22-. The van der Waals surface area contributed by atoms with Crippen molar-refractivity contribution in [2.24, 2.45) is 5.41 Å². The first kappa shape index (κ1) is 19.3. The number of fused-ring (bicyclic) bond motifs is 1. The van der Waals surface area contributed by atoms with Crippen LogP contribution < -0.4 is 16.0 Å². The highest BCUT2D eigenvalue weighted by atomic mass is 32.1. The number of rotatable bonds is 5. The third-order valence-electron chi connectivity index (χ3n) is 6.25. The number of imidazole rings is 1. The summed E-state index contributed by atoms with van der Waals surface area (Å²) in [5.41, 5.74) is 2.33. The Morgan fingerprint density at radius 2 is 1.97 bits per heavy atom. The van der Waals surface area contributed by atoms with Gasteiger partial charge in [-0.3, -0.25) is 14.9 Å². The van der Waals surface area contributed by atoms with Crippen molar-refractivity contribution in [2.75, 3.05) is 25.0 Å². The molecule has 7 nitrogen and oxygen atoms in total. The molecule has 0 radical (unpaired) electrons. The van der Waals surface area contributed by atoms with Crippen molar-refractivity contribution in [1.29, 1.82) is 0 Å². The third kappa shape index (κ3) is 3.30. The fourth-order valence-electron chi connectivity index (χ4n) is 4.76. The molecule has 8 heteroatoms. The molecule has 2 aromatic heterocycles. The van der Waals surface area contributed by atoms with Gasteiger partial charge in [0.05, 0.1) is 20.8 Å². The van der Waals surface area contributed by atoms with E-state index in [1.807, 2.05) is 25.1 Å². The number of nitrogens with one attached hydrogen (secondary N) is 3. The van der Waals surface area contributed by atoms with Gasteiger partial charge in [-0.1, -0.05) is 12.1 Å². The van der Waals surface area contributed by atoms with E-state index in [1.165, 1.54) is 17.8 Å². The van der Waals surface area contributed by atoms with E-state index in [0.717, 1.165) is 37.0 Å². The van der Waals surface area contributed by atoms with Crippen LogP contribution >= 0.6 is 11.3 Å². The first-order valence-corrected chi connectivity index (χ1v) is 11.3. The van der Waals surface area contributed by atoms with Gasteiger partial charge in [-0.25, -0.2) is 4.98 Å². The van der Waals surface area contributed by atoms with E-state index in [9.17, 15) is 9.59 Å². The molecule has 1 saturated heterocycles. The molecule has 0 atom stereocenters. The number of aromatic nitrogens is 2. The normalized spacial score (nSPS) is 22.9. The second-order valence-corrected chi connectivity index (χ2v) is 9.34. The molecule has 0 unspecified atom stereocenters. The van der Waals surface area contributed by atoms with Crippen molar-refractivity contribution in [3.63, 3.8) is 0 Å². The predicted molar refractivity (Wildman–Crippen MR) is 118 cm³/mol. The number of amides is 2. The zero-order valence-corrected chi connectivity index (χ0v) is 17.7. The summed E-state index contributed by atoms with van der Waals surface area (Å²) in [7, 11) is 0. The number of carbonyl (C=O) groups is 2. The number of nitrogens with zero attached hydrogens (tertiary/aromatic N) is 2. The summed E-state index contributed by atoms with van der Waals surface area (Å²) in [6, 6.07) is 11.7. The summed E-state index contributed by atoms with van der Waals surface area (Å²) < 4.78 is 2.19. The minimum atomic E-state index is -0.233. The second-order valence-electron chi connectivity index (χ2n) is 8.26. The van der Waals surface area contributed by atoms with Crippen LogP contribution in [0.5, 0.6) is 0 Å². The molecule has 2 aliphatic rings. The minimum absolute atomic E-state index is 0.154. The van der Waals surface area contributed by atoms with Gasteiger partial charge in [-0.2, -0.15) is 0 Å². The lowest BCUT2D eigenvalue weighted by Crippen LogP contribution is -2.40. The molecule has 1 aliphatic heterocycles. The molecular weight excluding hydrogens is 398 g/mol. The minimum Gasteiger partial charge on any atom is -0.352 e. The Balaban J connectivity index is 1.40. The van der Waals surface area contributed by atoms with E-state index in [1.54, 1.807) is 12.1 Å². The first-order valence-electron chi connectivity index (χ1n) is 10.5. The lowest BCUT2D eigenvalue weighted by atomic mass is 9.65. The number of hydrogen-bond donors (Lipinski definition) is 3. The average Bonchev–Trinajstić information content (AvgIpc) is 3.45. The molecular formula is C22H25N5O2S. The third-order valence-corrected chi connectivity index (χ3v) is 7.33. The highest BCUT2D eigenvalue weighted by Crippen LogP contribution is 2.53. The molecule has 1 aliphatic carbocycles. The topological polar surface area (TPSA) is 88.1 Å². The smallest absolute Gasteiger partial charge is 0.268 e. The molecule has 3 aromatic rings. The molecule has 3 heterocycles. The molecule has 1 saturated carbocycles. The molecule has 156 valence electrons. The van der Waals surface area contributed by atoms with Crippen molar-refractivity contribution >= 4 is 40.1 Å². The van der Waals surface area contributed by atoms with Crippen LogP contribution in [0.4, 0.5) is 5.95 Å². The molecule has 2 amide bonds. The molecule has 1 aromatic carbocycles. The predicted octanol–water partition coefficient (Wildman–Crippen LogP) is 3.41. The number of thiophene rings is 1. The van der Waals surface area contributed by atoms with Crippen molar-refractivity contribution < 1.29 is 9.59 Å². The van der Waals surface area contributed by atoms with Gasteiger partial charge in [0.2, 0.25) is 5.95 Å². The summed E-state index contributed by atoms with van der Waals surface area (Å²) in [5, 5.41) is 9.25. The first-order chi connectivity index (χ1) is 14.6. The maximum Gasteiger partial charge on any atom is 0.268 e. The van der Waals surface area contributed by atoms with E-state index >= 15 is 0 Å². The van der Waals surface area contributed by atoms with Crippen molar-refractivity contribution in [3.05, 3.63) is 46.2 Å². The van der Waals surface area contributed by atoms with E-state index in [-0.39, 0.29) is 11.8 Å². The number of benzene rings is 1. The summed E-state index contributed by atoms with van der Waals surface area (Å²) in [6.45, 7) is 4.60. The average molecular weight is 424 g/mol. The summed E-state index contributed by atoms with van der Waals surface area (Å²) in [6.07, 6.45) is 3.42. The van der Waals surface area contributed by atoms with Crippen molar-refractivity contribution in [3.8, 4) is 0 Å². The van der Waals surface area contributed by atoms with Crippen LogP contribution in [0.2, 0.25) is 0 Å². The summed E-state index contributed by atoms with van der Waals surface area (Å²) in [4.78, 5) is 30.7. The maximum absolute atomic E-state index is 12.9. The Morgan fingerprint density at radius 3 is 2.70 bits per heavy atom. The van der Waals surface area contributed by atoms with Gasteiger partial charge in [0, 0.05) is 19.1 Å².